The summed E-state index contributed by atoms with van der Waals surface area (Å²) in [5.74, 6) is -0.638. The number of esters is 1. The molecule has 6 nitrogen and oxygen atoms in total. The maximum absolute atomic E-state index is 12.3. The fourth-order valence-corrected chi connectivity index (χ4v) is 2.90. The molecule has 0 unspecified atom stereocenters. The fourth-order valence-electron chi connectivity index (χ4n) is 2.35. The summed E-state index contributed by atoms with van der Waals surface area (Å²) in [6.07, 6.45) is 0.584. The van der Waals surface area contributed by atoms with Crippen LogP contribution in [0.2, 0.25) is 5.02 Å². The standard InChI is InChI=1S/C20H13ClINO5/c21-17-7-1-12(18-8-6-15(10-24)28-18)9-16(17)20(26)27-11-19(25)23-14-4-2-13(22)3-5-14/h1-10H,11H2,(H,23,25). The summed E-state index contributed by atoms with van der Waals surface area (Å²) in [7, 11) is 0. The van der Waals surface area contributed by atoms with Gasteiger partial charge in [0.25, 0.3) is 5.91 Å². The summed E-state index contributed by atoms with van der Waals surface area (Å²) in [6.45, 7) is -0.457. The van der Waals surface area contributed by atoms with E-state index in [1.807, 2.05) is 12.1 Å². The Morgan fingerprint density at radius 3 is 2.54 bits per heavy atom. The van der Waals surface area contributed by atoms with Gasteiger partial charge >= 0.3 is 5.97 Å². The van der Waals surface area contributed by atoms with E-state index in [0.29, 0.717) is 23.3 Å². The molecule has 1 heterocycles. The first-order chi connectivity index (χ1) is 13.5. The molecule has 0 bridgehead atoms. The molecule has 8 heteroatoms. The van der Waals surface area contributed by atoms with Gasteiger partial charge in [-0.1, -0.05) is 11.6 Å². The number of ether oxygens (including phenoxy) is 1. The quantitative estimate of drug-likeness (QED) is 0.293. The summed E-state index contributed by atoms with van der Waals surface area (Å²) in [5, 5.41) is 2.81. The lowest BCUT2D eigenvalue weighted by atomic mass is 10.1. The number of benzene rings is 2. The molecule has 1 amide bonds. The molecule has 0 spiro atoms. The number of carbonyl (C=O) groups excluding carboxylic acids is 3. The van der Waals surface area contributed by atoms with Crippen molar-refractivity contribution in [2.75, 3.05) is 11.9 Å². The third kappa shape index (κ3) is 4.99. The highest BCUT2D eigenvalue weighted by Crippen LogP contribution is 2.27. The van der Waals surface area contributed by atoms with E-state index in [1.54, 1.807) is 24.3 Å². The Morgan fingerprint density at radius 2 is 1.86 bits per heavy atom. The number of anilines is 1. The molecular weight excluding hydrogens is 497 g/mol. The molecule has 1 N–H and O–H groups in total. The molecule has 28 heavy (non-hydrogen) atoms. The van der Waals surface area contributed by atoms with Crippen LogP contribution >= 0.6 is 34.2 Å². The summed E-state index contributed by atoms with van der Waals surface area (Å²) in [5.41, 5.74) is 1.24. The minimum Gasteiger partial charge on any atom is -0.453 e. The van der Waals surface area contributed by atoms with Gasteiger partial charge in [-0.3, -0.25) is 9.59 Å². The largest absolute Gasteiger partial charge is 0.453 e. The van der Waals surface area contributed by atoms with Gasteiger partial charge in [-0.2, -0.15) is 0 Å². The molecule has 0 aliphatic carbocycles. The van der Waals surface area contributed by atoms with Gasteiger partial charge < -0.3 is 14.5 Å². The minimum absolute atomic E-state index is 0.0882. The normalized spacial score (nSPS) is 10.4. The lowest BCUT2D eigenvalue weighted by molar-refractivity contribution is -0.119. The summed E-state index contributed by atoms with van der Waals surface area (Å²) < 4.78 is 11.4. The Labute approximate surface area is 179 Å². The van der Waals surface area contributed by atoms with Crippen molar-refractivity contribution in [2.24, 2.45) is 0 Å². The summed E-state index contributed by atoms with van der Waals surface area (Å²) in [4.78, 5) is 35.1. The number of amides is 1. The first kappa shape index (κ1) is 20.1. The van der Waals surface area contributed by atoms with E-state index in [0.717, 1.165) is 3.57 Å². The van der Waals surface area contributed by atoms with Crippen LogP contribution in [-0.2, 0) is 9.53 Å². The lowest BCUT2D eigenvalue weighted by Gasteiger charge is -2.08. The van der Waals surface area contributed by atoms with Crippen molar-refractivity contribution < 1.29 is 23.5 Å². The van der Waals surface area contributed by atoms with E-state index in [-0.39, 0.29) is 16.3 Å². The number of hydrogen-bond donors (Lipinski definition) is 1. The van der Waals surface area contributed by atoms with Gasteiger partial charge in [0.15, 0.2) is 18.7 Å². The van der Waals surface area contributed by atoms with Crippen LogP contribution in [0, 0.1) is 3.57 Å². The smallest absolute Gasteiger partial charge is 0.340 e. The van der Waals surface area contributed by atoms with E-state index in [1.165, 1.54) is 18.2 Å². The zero-order valence-electron chi connectivity index (χ0n) is 14.3. The van der Waals surface area contributed by atoms with Crippen molar-refractivity contribution in [1.82, 2.24) is 0 Å². The third-order valence-electron chi connectivity index (χ3n) is 3.68. The zero-order chi connectivity index (χ0) is 20.1. The molecule has 0 saturated carbocycles. The van der Waals surface area contributed by atoms with E-state index in [4.69, 9.17) is 20.8 Å². The van der Waals surface area contributed by atoms with Crippen LogP contribution in [0.3, 0.4) is 0 Å². The van der Waals surface area contributed by atoms with Gasteiger partial charge in [-0.15, -0.1) is 0 Å². The highest BCUT2D eigenvalue weighted by Gasteiger charge is 2.16. The molecule has 0 radical (unpaired) electrons. The fraction of sp³-hybridized carbons (Fsp3) is 0.0500. The van der Waals surface area contributed by atoms with Crippen LogP contribution in [-0.4, -0.2) is 24.8 Å². The lowest BCUT2D eigenvalue weighted by Crippen LogP contribution is -2.21. The van der Waals surface area contributed by atoms with Gasteiger partial charge in [0.1, 0.15) is 5.76 Å². The first-order valence-corrected chi connectivity index (χ1v) is 9.49. The molecule has 3 aromatic rings. The van der Waals surface area contributed by atoms with Gasteiger partial charge in [-0.25, -0.2) is 4.79 Å². The summed E-state index contributed by atoms with van der Waals surface area (Å²) in [6, 6.07) is 15.0. The number of halogens is 2. The molecule has 142 valence electrons. The van der Waals surface area contributed by atoms with Gasteiger partial charge in [-0.05, 0) is 77.2 Å². The predicted octanol–water partition coefficient (Wildman–Crippen LogP) is 4.81. The number of furan rings is 1. The second-order valence-corrected chi connectivity index (χ2v) is 7.30. The highest BCUT2D eigenvalue weighted by atomic mass is 127. The monoisotopic (exact) mass is 509 g/mol. The number of aldehydes is 1. The molecule has 0 aliphatic rings. The van der Waals surface area contributed by atoms with Crippen molar-refractivity contribution in [2.45, 2.75) is 0 Å². The highest BCUT2D eigenvalue weighted by molar-refractivity contribution is 14.1. The summed E-state index contributed by atoms with van der Waals surface area (Å²) >= 11 is 8.24. The van der Waals surface area contributed by atoms with Crippen molar-refractivity contribution in [3.05, 3.63) is 74.5 Å². The van der Waals surface area contributed by atoms with Crippen LogP contribution in [0.4, 0.5) is 5.69 Å². The maximum atomic E-state index is 12.3. The molecule has 0 saturated heterocycles. The molecule has 3 rings (SSSR count). The van der Waals surface area contributed by atoms with Crippen molar-refractivity contribution >= 4 is 58.0 Å². The Hall–Kier alpha value is -2.65. The van der Waals surface area contributed by atoms with E-state index < -0.39 is 18.5 Å². The van der Waals surface area contributed by atoms with Crippen molar-refractivity contribution in [1.29, 1.82) is 0 Å². The SMILES string of the molecule is O=Cc1ccc(-c2ccc(Cl)c(C(=O)OCC(=O)Nc3ccc(I)cc3)c2)o1. The minimum atomic E-state index is -0.744. The number of hydrogen-bond acceptors (Lipinski definition) is 5. The van der Waals surface area contributed by atoms with Crippen LogP contribution in [0.1, 0.15) is 20.9 Å². The van der Waals surface area contributed by atoms with Gasteiger partial charge in [0.2, 0.25) is 0 Å². The Balaban J connectivity index is 1.66. The topological polar surface area (TPSA) is 85.6 Å². The van der Waals surface area contributed by atoms with E-state index in [9.17, 15) is 14.4 Å². The Bertz CT molecular complexity index is 1030. The average Bonchev–Trinajstić information content (AvgIpc) is 3.17. The number of nitrogens with one attached hydrogen (secondary N) is 1. The van der Waals surface area contributed by atoms with Crippen LogP contribution in [0.15, 0.2) is 59.0 Å². The van der Waals surface area contributed by atoms with Crippen molar-refractivity contribution in [3.8, 4) is 11.3 Å². The Kier molecular flexibility index (Phi) is 6.48. The van der Waals surface area contributed by atoms with Crippen LogP contribution < -0.4 is 5.32 Å². The molecule has 1 aromatic heterocycles. The number of carbonyl (C=O) groups is 3. The molecule has 0 fully saturated rings. The number of rotatable bonds is 6. The molecular formula is C20H13ClINO5. The molecule has 2 aromatic carbocycles. The first-order valence-electron chi connectivity index (χ1n) is 8.04. The average molecular weight is 510 g/mol. The molecule has 0 atom stereocenters. The zero-order valence-corrected chi connectivity index (χ0v) is 17.2. The predicted molar refractivity (Wildman–Crippen MR) is 113 cm³/mol. The second-order valence-electron chi connectivity index (χ2n) is 5.65. The van der Waals surface area contributed by atoms with Crippen LogP contribution in [0.25, 0.3) is 11.3 Å². The van der Waals surface area contributed by atoms with Gasteiger partial charge in [0.05, 0.1) is 10.6 Å². The maximum Gasteiger partial charge on any atom is 0.340 e. The van der Waals surface area contributed by atoms with E-state index in [2.05, 4.69) is 27.9 Å². The van der Waals surface area contributed by atoms with Crippen LogP contribution in [0.5, 0.6) is 0 Å². The van der Waals surface area contributed by atoms with Gasteiger partial charge in [0, 0.05) is 14.8 Å². The molecule has 0 aliphatic heterocycles. The van der Waals surface area contributed by atoms with Crippen molar-refractivity contribution in [3.63, 3.8) is 0 Å². The van der Waals surface area contributed by atoms with E-state index >= 15 is 0 Å². The second kappa shape index (κ2) is 9.03. The third-order valence-corrected chi connectivity index (χ3v) is 4.72. The Morgan fingerprint density at radius 1 is 1.11 bits per heavy atom.